The van der Waals surface area contributed by atoms with Gasteiger partial charge in [-0.25, -0.2) is 18.4 Å². The zero-order valence-corrected chi connectivity index (χ0v) is 21.3. The first-order valence-corrected chi connectivity index (χ1v) is 12.0. The summed E-state index contributed by atoms with van der Waals surface area (Å²) in [7, 11) is 0. The molecule has 0 aliphatic heterocycles. The number of nitrogens with one attached hydrogen (secondary N) is 3. The van der Waals surface area contributed by atoms with Crippen LogP contribution in [0.25, 0.3) is 0 Å². The third-order valence-corrected chi connectivity index (χ3v) is 5.58. The first kappa shape index (κ1) is 31.5. The van der Waals surface area contributed by atoms with Gasteiger partial charge in [0.25, 0.3) is 5.78 Å². The molecule has 1 rings (SSSR count). The van der Waals surface area contributed by atoms with Crippen LogP contribution in [-0.4, -0.2) is 59.3 Å². The molecule has 0 aliphatic rings. The van der Waals surface area contributed by atoms with E-state index in [9.17, 15) is 32.8 Å². The summed E-state index contributed by atoms with van der Waals surface area (Å²) in [6.07, 6.45) is -4.54. The number of ketones is 1. The Bertz CT molecular complexity index is 928. The molecule has 10 nitrogen and oxygen atoms in total. The Morgan fingerprint density at radius 2 is 1.49 bits per heavy atom. The second-order valence-corrected chi connectivity index (χ2v) is 9.12. The SMILES string of the molecule is CC[C@H](C)[C@H](NC(=O)OCc1ccccc1)C(=O)N[C@@H](CC(C)C)C(=O)N[C@@H](CC(F)F)C(=O)C(=O)O. The van der Waals surface area contributed by atoms with E-state index in [1.807, 2.05) is 11.4 Å². The number of hydrogen-bond acceptors (Lipinski definition) is 6. The number of Topliss-reactive ketones (excluding diaryl/α,β-unsaturated/α-hetero) is 1. The molecule has 0 aromatic heterocycles. The second-order valence-electron chi connectivity index (χ2n) is 9.12. The normalized spacial score (nSPS) is 14.3. The van der Waals surface area contributed by atoms with Crippen LogP contribution < -0.4 is 16.0 Å². The summed E-state index contributed by atoms with van der Waals surface area (Å²) in [5, 5.41) is 15.9. The summed E-state index contributed by atoms with van der Waals surface area (Å²) in [6, 6.07) is 4.56. The van der Waals surface area contributed by atoms with E-state index >= 15 is 0 Å². The molecule has 0 unspecified atom stereocenters. The molecule has 12 heteroatoms. The molecule has 0 saturated carbocycles. The number of carboxylic acid groups (broad SMARTS) is 1. The van der Waals surface area contributed by atoms with E-state index in [4.69, 9.17) is 9.84 Å². The van der Waals surface area contributed by atoms with Gasteiger partial charge in [0, 0.05) is 6.42 Å². The second kappa shape index (κ2) is 15.5. The van der Waals surface area contributed by atoms with Gasteiger partial charge >= 0.3 is 12.1 Å². The minimum atomic E-state index is -3.05. The average Bonchev–Trinajstić information content (AvgIpc) is 2.84. The number of carbonyl (C=O) groups excluding carboxylic acids is 4. The molecule has 0 spiro atoms. The number of alkyl carbamates (subject to hydrolysis) is 1. The molecule has 0 aliphatic carbocycles. The van der Waals surface area contributed by atoms with E-state index < -0.39 is 60.6 Å². The van der Waals surface area contributed by atoms with Crippen LogP contribution in [0.2, 0.25) is 0 Å². The van der Waals surface area contributed by atoms with Gasteiger partial charge in [-0.3, -0.25) is 14.4 Å². The van der Waals surface area contributed by atoms with Crippen molar-refractivity contribution in [3.63, 3.8) is 0 Å². The lowest BCUT2D eigenvalue weighted by atomic mass is 9.96. The third-order valence-electron chi connectivity index (χ3n) is 5.58. The topological polar surface area (TPSA) is 151 Å². The molecule has 1 aromatic carbocycles. The molecular weight excluding hydrogens is 492 g/mol. The van der Waals surface area contributed by atoms with Gasteiger partial charge in [0.05, 0.1) is 0 Å². The zero-order chi connectivity index (χ0) is 28.1. The summed E-state index contributed by atoms with van der Waals surface area (Å²) < 4.78 is 31.0. The standard InChI is InChI=1S/C25H35F2N3O7/c1-5-15(4)20(30-25(36)37-13-16-9-7-6-8-10-16)23(33)29-18(11-14(2)3)22(32)28-17(12-19(26)27)21(31)24(34)35/h6-10,14-15,17-20H,5,11-13H2,1-4H3,(H,28,32)(H,29,33)(H,30,36)(H,34,35)/t15-,17-,18-,20-/m0/s1. The molecule has 4 atom stereocenters. The van der Waals surface area contributed by atoms with Crippen LogP contribution in [0.5, 0.6) is 0 Å². The summed E-state index contributed by atoms with van der Waals surface area (Å²) in [5.74, 6) is -5.79. The van der Waals surface area contributed by atoms with Crippen LogP contribution in [0.3, 0.4) is 0 Å². The van der Waals surface area contributed by atoms with E-state index in [0.717, 1.165) is 5.56 Å². The first-order chi connectivity index (χ1) is 17.3. The first-order valence-electron chi connectivity index (χ1n) is 12.0. The van der Waals surface area contributed by atoms with E-state index in [-0.39, 0.29) is 24.9 Å². The highest BCUT2D eigenvalue weighted by atomic mass is 19.3. The number of ether oxygens (including phenoxy) is 1. The largest absolute Gasteiger partial charge is 0.475 e. The van der Waals surface area contributed by atoms with Crippen LogP contribution in [0.1, 0.15) is 52.5 Å². The molecule has 1 aromatic rings. The Hall–Kier alpha value is -3.57. The van der Waals surface area contributed by atoms with Crippen molar-refractivity contribution in [1.82, 2.24) is 16.0 Å². The molecule has 37 heavy (non-hydrogen) atoms. The Balaban J connectivity index is 2.98. The number of halogens is 2. The monoisotopic (exact) mass is 527 g/mol. The number of carboxylic acids is 1. The number of alkyl halides is 2. The van der Waals surface area contributed by atoms with Gasteiger partial charge in [-0.1, -0.05) is 64.4 Å². The molecule has 0 fully saturated rings. The quantitative estimate of drug-likeness (QED) is 0.256. The number of aliphatic carboxylic acids is 1. The van der Waals surface area contributed by atoms with Gasteiger partial charge in [0.15, 0.2) is 0 Å². The van der Waals surface area contributed by atoms with E-state index in [2.05, 4.69) is 10.6 Å². The molecule has 0 bridgehead atoms. The van der Waals surface area contributed by atoms with Crippen LogP contribution >= 0.6 is 0 Å². The number of amides is 3. The minimum absolute atomic E-state index is 0.0248. The summed E-state index contributed by atoms with van der Waals surface area (Å²) in [5.41, 5.74) is 0.741. The smallest absolute Gasteiger partial charge is 0.408 e. The van der Waals surface area contributed by atoms with Crippen LogP contribution in [0, 0.1) is 11.8 Å². The third kappa shape index (κ3) is 11.4. The lowest BCUT2D eigenvalue weighted by molar-refractivity contribution is -0.151. The van der Waals surface area contributed by atoms with Crippen molar-refractivity contribution in [1.29, 1.82) is 0 Å². The lowest BCUT2D eigenvalue weighted by Gasteiger charge is -2.27. The fourth-order valence-electron chi connectivity index (χ4n) is 3.39. The van der Waals surface area contributed by atoms with Crippen molar-refractivity contribution in [2.45, 2.75) is 78.1 Å². The van der Waals surface area contributed by atoms with Gasteiger partial charge in [-0.2, -0.15) is 0 Å². The predicted octanol–water partition coefficient (Wildman–Crippen LogP) is 2.65. The van der Waals surface area contributed by atoms with Crippen LogP contribution in [0.15, 0.2) is 30.3 Å². The van der Waals surface area contributed by atoms with Gasteiger partial charge in [0.1, 0.15) is 24.7 Å². The maximum absolute atomic E-state index is 13.1. The van der Waals surface area contributed by atoms with Crippen molar-refractivity contribution >= 4 is 29.7 Å². The van der Waals surface area contributed by atoms with E-state index in [1.54, 1.807) is 52.0 Å². The fraction of sp³-hybridized carbons (Fsp3) is 0.560. The average molecular weight is 528 g/mol. The van der Waals surface area contributed by atoms with E-state index in [1.165, 1.54) is 0 Å². The van der Waals surface area contributed by atoms with Gasteiger partial charge in [0.2, 0.25) is 18.2 Å². The van der Waals surface area contributed by atoms with Crippen molar-refractivity contribution in [2.24, 2.45) is 11.8 Å². The molecule has 0 heterocycles. The number of carbonyl (C=O) groups is 5. The lowest BCUT2D eigenvalue weighted by Crippen LogP contribution is -2.58. The molecule has 206 valence electrons. The summed E-state index contributed by atoms with van der Waals surface area (Å²) in [6.45, 7) is 6.98. The molecule has 4 N–H and O–H groups in total. The number of rotatable bonds is 15. The predicted molar refractivity (Wildman–Crippen MR) is 130 cm³/mol. The Morgan fingerprint density at radius 3 is 2.00 bits per heavy atom. The Morgan fingerprint density at radius 1 is 0.892 bits per heavy atom. The highest BCUT2D eigenvalue weighted by Gasteiger charge is 2.34. The van der Waals surface area contributed by atoms with Crippen molar-refractivity contribution in [3.8, 4) is 0 Å². The fourth-order valence-corrected chi connectivity index (χ4v) is 3.39. The highest BCUT2D eigenvalue weighted by molar-refractivity contribution is 6.35. The minimum Gasteiger partial charge on any atom is -0.475 e. The maximum atomic E-state index is 13.1. The van der Waals surface area contributed by atoms with Crippen molar-refractivity contribution < 1.29 is 42.6 Å². The molecular formula is C25H35F2N3O7. The summed E-state index contributed by atoms with van der Waals surface area (Å²) >= 11 is 0. The Kier molecular flexibility index (Phi) is 13.2. The van der Waals surface area contributed by atoms with Crippen LogP contribution in [0.4, 0.5) is 13.6 Å². The Labute approximate surface area is 214 Å². The molecule has 0 radical (unpaired) electrons. The maximum Gasteiger partial charge on any atom is 0.408 e. The molecule has 0 saturated heterocycles. The molecule has 3 amide bonds. The van der Waals surface area contributed by atoms with E-state index in [0.29, 0.717) is 6.42 Å². The zero-order valence-electron chi connectivity index (χ0n) is 21.3. The van der Waals surface area contributed by atoms with Crippen molar-refractivity contribution in [2.75, 3.05) is 0 Å². The highest BCUT2D eigenvalue weighted by Crippen LogP contribution is 2.13. The van der Waals surface area contributed by atoms with Crippen molar-refractivity contribution in [3.05, 3.63) is 35.9 Å². The summed E-state index contributed by atoms with van der Waals surface area (Å²) in [4.78, 5) is 61.2. The van der Waals surface area contributed by atoms with Gasteiger partial charge in [-0.05, 0) is 23.8 Å². The van der Waals surface area contributed by atoms with Gasteiger partial charge in [-0.15, -0.1) is 0 Å². The van der Waals surface area contributed by atoms with Gasteiger partial charge < -0.3 is 25.8 Å². The number of hydrogen-bond donors (Lipinski definition) is 4. The number of benzene rings is 1. The van der Waals surface area contributed by atoms with Crippen LogP contribution in [-0.2, 0) is 30.5 Å².